The summed E-state index contributed by atoms with van der Waals surface area (Å²) in [4.78, 5) is 16.1. The van der Waals surface area contributed by atoms with Crippen molar-refractivity contribution in [2.75, 3.05) is 32.2 Å². The molecule has 6 heteroatoms. The van der Waals surface area contributed by atoms with E-state index >= 15 is 0 Å². The molecule has 2 aromatic rings. The number of nitrogens with zero attached hydrogens (tertiary/aromatic N) is 1. The van der Waals surface area contributed by atoms with Crippen molar-refractivity contribution >= 4 is 34.2 Å². The summed E-state index contributed by atoms with van der Waals surface area (Å²) in [5.41, 5.74) is 1.78. The molecule has 1 N–H and O–H groups in total. The molecule has 1 amide bonds. The minimum absolute atomic E-state index is 0.0302. The fraction of sp³-hybridized carbons (Fsp3) is 0.333. The van der Waals surface area contributed by atoms with Crippen LogP contribution in [0.1, 0.15) is 5.56 Å². The van der Waals surface area contributed by atoms with Crippen molar-refractivity contribution in [3.8, 4) is 0 Å². The zero-order valence-electron chi connectivity index (χ0n) is 12.0. The highest BCUT2D eigenvalue weighted by molar-refractivity contribution is 6.35. The maximum absolute atomic E-state index is 11.7. The van der Waals surface area contributed by atoms with Gasteiger partial charge in [-0.2, -0.15) is 0 Å². The van der Waals surface area contributed by atoms with Crippen LogP contribution in [0, 0.1) is 6.92 Å². The fourth-order valence-electron chi connectivity index (χ4n) is 1.88. The Kier molecular flexibility index (Phi) is 5.50. The van der Waals surface area contributed by atoms with E-state index in [0.717, 1.165) is 16.5 Å². The number of carbonyl (C=O) groups is 1. The smallest absolute Gasteiger partial charge is 0.251 e. The van der Waals surface area contributed by atoms with Crippen LogP contribution in [-0.4, -0.2) is 37.8 Å². The maximum Gasteiger partial charge on any atom is 0.251 e. The summed E-state index contributed by atoms with van der Waals surface area (Å²) in [6.07, 6.45) is 0. The normalized spacial score (nSPS) is 10.8. The van der Waals surface area contributed by atoms with Crippen molar-refractivity contribution < 1.29 is 14.3 Å². The molecule has 0 aliphatic carbocycles. The second kappa shape index (κ2) is 7.36. The first kappa shape index (κ1) is 15.7. The average molecular weight is 309 g/mol. The number of fused-ring (bicyclic) bond motifs is 1. The number of amides is 1. The fourth-order valence-corrected chi connectivity index (χ4v) is 2.09. The Hall–Kier alpha value is -1.69. The molecule has 0 aliphatic heterocycles. The molecule has 0 aliphatic rings. The number of aromatic nitrogens is 1. The van der Waals surface area contributed by atoms with Crippen LogP contribution < -0.4 is 5.32 Å². The van der Waals surface area contributed by atoms with Gasteiger partial charge in [-0.25, -0.2) is 4.98 Å². The quantitative estimate of drug-likeness (QED) is 0.834. The molecule has 0 fully saturated rings. The second-order valence-electron chi connectivity index (χ2n) is 4.55. The number of benzene rings is 1. The molecule has 0 saturated carbocycles. The molecule has 0 unspecified atom stereocenters. The number of hydrogen-bond donors (Lipinski definition) is 1. The Bertz CT molecular complexity index is 646. The summed E-state index contributed by atoms with van der Waals surface area (Å²) in [6.45, 7) is 2.76. The molecule has 5 nitrogen and oxygen atoms in total. The lowest BCUT2D eigenvalue weighted by atomic mass is 10.1. The first-order chi connectivity index (χ1) is 10.1. The van der Waals surface area contributed by atoms with Crippen LogP contribution in [0.2, 0.25) is 5.02 Å². The van der Waals surface area contributed by atoms with Crippen molar-refractivity contribution in [2.45, 2.75) is 6.92 Å². The number of halogens is 1. The molecule has 0 radical (unpaired) electrons. The van der Waals surface area contributed by atoms with Gasteiger partial charge >= 0.3 is 0 Å². The van der Waals surface area contributed by atoms with Crippen LogP contribution >= 0.6 is 11.6 Å². The van der Waals surface area contributed by atoms with E-state index in [1.54, 1.807) is 13.2 Å². The minimum atomic E-state index is -0.252. The standard InChI is InChI=1S/C15H17ClN2O3/c1-10-3-5-12(16)11-4-6-13(18-15(10)11)17-14(19)9-21-8-7-20-2/h3-6H,7-9H2,1-2H3,(H,17,18,19). The number of ether oxygens (including phenoxy) is 2. The average Bonchev–Trinajstić information content (AvgIpc) is 2.48. The molecule has 2 rings (SSSR count). The van der Waals surface area contributed by atoms with Crippen LogP contribution in [0.15, 0.2) is 24.3 Å². The van der Waals surface area contributed by atoms with Crippen LogP contribution in [0.5, 0.6) is 0 Å². The SMILES string of the molecule is COCCOCC(=O)Nc1ccc2c(Cl)ccc(C)c2n1. The predicted molar refractivity (Wildman–Crippen MR) is 82.8 cm³/mol. The zero-order valence-corrected chi connectivity index (χ0v) is 12.7. The topological polar surface area (TPSA) is 60.5 Å². The Labute approximate surface area is 128 Å². The summed E-state index contributed by atoms with van der Waals surface area (Å²) in [6, 6.07) is 7.31. The molecule has 112 valence electrons. The van der Waals surface area contributed by atoms with E-state index in [-0.39, 0.29) is 12.5 Å². The van der Waals surface area contributed by atoms with Crippen molar-refractivity contribution in [3.63, 3.8) is 0 Å². The van der Waals surface area contributed by atoms with E-state index in [4.69, 9.17) is 21.1 Å². The minimum Gasteiger partial charge on any atom is -0.382 e. The van der Waals surface area contributed by atoms with Gasteiger partial charge < -0.3 is 14.8 Å². The largest absolute Gasteiger partial charge is 0.382 e. The molecular formula is C15H17ClN2O3. The number of anilines is 1. The number of pyridine rings is 1. The Morgan fingerprint density at radius 3 is 2.86 bits per heavy atom. The first-order valence-corrected chi connectivity index (χ1v) is 6.92. The van der Waals surface area contributed by atoms with Crippen LogP contribution in [-0.2, 0) is 14.3 Å². The summed E-state index contributed by atoms with van der Waals surface area (Å²) < 4.78 is 9.99. The van der Waals surface area contributed by atoms with Crippen molar-refractivity contribution in [1.82, 2.24) is 4.98 Å². The third-order valence-electron chi connectivity index (χ3n) is 2.94. The Morgan fingerprint density at radius 1 is 1.29 bits per heavy atom. The van der Waals surface area contributed by atoms with Gasteiger partial charge in [0.05, 0.1) is 18.7 Å². The zero-order chi connectivity index (χ0) is 15.2. The van der Waals surface area contributed by atoms with Gasteiger partial charge in [-0.3, -0.25) is 4.79 Å². The Balaban J connectivity index is 2.06. The summed E-state index contributed by atoms with van der Waals surface area (Å²) >= 11 is 6.13. The van der Waals surface area contributed by atoms with Gasteiger partial charge in [-0.05, 0) is 30.7 Å². The number of rotatable bonds is 6. The number of methoxy groups -OCH3 is 1. The maximum atomic E-state index is 11.7. The van der Waals surface area contributed by atoms with Crippen molar-refractivity contribution in [1.29, 1.82) is 0 Å². The summed E-state index contributed by atoms with van der Waals surface area (Å²) in [7, 11) is 1.58. The third kappa shape index (κ3) is 4.14. The number of carbonyl (C=O) groups excluding carboxylic acids is 1. The molecule has 0 bridgehead atoms. The van der Waals surface area contributed by atoms with E-state index in [1.807, 2.05) is 25.1 Å². The highest BCUT2D eigenvalue weighted by Crippen LogP contribution is 2.26. The van der Waals surface area contributed by atoms with E-state index in [9.17, 15) is 4.79 Å². The molecule has 1 aromatic carbocycles. The van der Waals surface area contributed by atoms with Gasteiger partial charge in [0.2, 0.25) is 0 Å². The molecule has 1 aromatic heterocycles. The number of aryl methyl sites for hydroxylation is 1. The Morgan fingerprint density at radius 2 is 2.10 bits per heavy atom. The van der Waals surface area contributed by atoms with Crippen LogP contribution in [0.3, 0.4) is 0 Å². The summed E-state index contributed by atoms with van der Waals surface area (Å²) in [5.74, 6) is 0.228. The highest BCUT2D eigenvalue weighted by Gasteiger charge is 2.07. The number of hydrogen-bond acceptors (Lipinski definition) is 4. The van der Waals surface area contributed by atoms with Gasteiger partial charge in [0.25, 0.3) is 5.91 Å². The lowest BCUT2D eigenvalue weighted by Gasteiger charge is -2.08. The monoisotopic (exact) mass is 308 g/mol. The molecule has 21 heavy (non-hydrogen) atoms. The van der Waals surface area contributed by atoms with Crippen LogP contribution in [0.25, 0.3) is 10.9 Å². The lowest BCUT2D eigenvalue weighted by molar-refractivity contribution is -0.121. The van der Waals surface area contributed by atoms with E-state index in [1.165, 1.54) is 0 Å². The van der Waals surface area contributed by atoms with Gasteiger partial charge in [0, 0.05) is 17.5 Å². The van der Waals surface area contributed by atoms with Crippen molar-refractivity contribution in [2.24, 2.45) is 0 Å². The molecule has 1 heterocycles. The van der Waals surface area contributed by atoms with Gasteiger partial charge in [0.1, 0.15) is 12.4 Å². The van der Waals surface area contributed by atoms with Crippen molar-refractivity contribution in [3.05, 3.63) is 34.9 Å². The van der Waals surface area contributed by atoms with E-state index in [2.05, 4.69) is 10.3 Å². The van der Waals surface area contributed by atoms with E-state index in [0.29, 0.717) is 24.1 Å². The van der Waals surface area contributed by atoms with Gasteiger partial charge in [-0.1, -0.05) is 17.7 Å². The molecular weight excluding hydrogens is 292 g/mol. The van der Waals surface area contributed by atoms with Crippen LogP contribution in [0.4, 0.5) is 5.82 Å². The molecule has 0 saturated heterocycles. The summed E-state index contributed by atoms with van der Waals surface area (Å²) in [5, 5.41) is 4.21. The predicted octanol–water partition coefficient (Wildman–Crippen LogP) is 2.80. The highest BCUT2D eigenvalue weighted by atomic mass is 35.5. The molecule has 0 spiro atoms. The number of nitrogens with one attached hydrogen (secondary N) is 1. The molecule has 0 atom stereocenters. The van der Waals surface area contributed by atoms with Gasteiger partial charge in [-0.15, -0.1) is 0 Å². The third-order valence-corrected chi connectivity index (χ3v) is 3.27. The second-order valence-corrected chi connectivity index (χ2v) is 4.96. The van der Waals surface area contributed by atoms with Gasteiger partial charge in [0.15, 0.2) is 0 Å². The first-order valence-electron chi connectivity index (χ1n) is 6.54. The lowest BCUT2D eigenvalue weighted by Crippen LogP contribution is -2.20. The van der Waals surface area contributed by atoms with E-state index < -0.39 is 0 Å².